The Morgan fingerprint density at radius 1 is 1.00 bits per heavy atom. The zero-order valence-electron chi connectivity index (χ0n) is 6.76. The fraction of sp³-hybridized carbons (Fsp3) is 0.667. The molecule has 0 rings (SSSR count). The van der Waals surface area contributed by atoms with Crippen molar-refractivity contribution in [3.05, 3.63) is 11.7 Å². The van der Waals surface area contributed by atoms with Crippen LogP contribution in [0.2, 0.25) is 0 Å². The van der Waals surface area contributed by atoms with Gasteiger partial charge in [-0.1, -0.05) is 0 Å². The van der Waals surface area contributed by atoms with E-state index in [1.807, 2.05) is 0 Å². The molecule has 0 heterocycles. The Bertz CT molecular complexity index is 229. The molecule has 0 amide bonds. The lowest BCUT2D eigenvalue weighted by molar-refractivity contribution is -0.223. The van der Waals surface area contributed by atoms with Crippen LogP contribution in [0.5, 0.6) is 0 Å². The smallest absolute Gasteiger partial charge is 0.315 e. The van der Waals surface area contributed by atoms with E-state index in [0.717, 1.165) is 6.92 Å². The SMILES string of the molecule is CCOC(F)(F)C(F)=C(F)C(F)(F)F. The Hall–Kier alpha value is -0.790. The molecule has 14 heavy (non-hydrogen) atoms. The molecular weight excluding hydrogens is 221 g/mol. The van der Waals surface area contributed by atoms with Crippen LogP contribution in [0.3, 0.4) is 0 Å². The second-order valence-electron chi connectivity index (χ2n) is 2.08. The van der Waals surface area contributed by atoms with E-state index in [2.05, 4.69) is 4.74 Å². The standard InChI is InChI=1S/C6H5F7O/c1-2-14-6(12,13)4(8)3(7)5(9,10)11/h2H2,1H3. The summed E-state index contributed by atoms with van der Waals surface area (Å²) in [5.41, 5.74) is 0. The van der Waals surface area contributed by atoms with Crippen LogP contribution in [-0.4, -0.2) is 18.9 Å². The van der Waals surface area contributed by atoms with E-state index in [4.69, 9.17) is 0 Å². The van der Waals surface area contributed by atoms with Crippen LogP contribution in [0.4, 0.5) is 30.7 Å². The molecule has 0 aliphatic carbocycles. The van der Waals surface area contributed by atoms with Crippen LogP contribution in [-0.2, 0) is 4.74 Å². The molecule has 0 aromatic heterocycles. The van der Waals surface area contributed by atoms with Gasteiger partial charge in [-0.15, -0.1) is 0 Å². The molecule has 0 bridgehead atoms. The number of alkyl halides is 5. The van der Waals surface area contributed by atoms with Gasteiger partial charge in [-0.25, -0.2) is 0 Å². The first-order chi connectivity index (χ1) is 6.13. The van der Waals surface area contributed by atoms with Crippen molar-refractivity contribution in [1.29, 1.82) is 0 Å². The second kappa shape index (κ2) is 4.16. The van der Waals surface area contributed by atoms with Gasteiger partial charge in [0.05, 0.1) is 6.61 Å². The van der Waals surface area contributed by atoms with Crippen molar-refractivity contribution in [1.82, 2.24) is 0 Å². The van der Waals surface area contributed by atoms with Crippen molar-refractivity contribution in [2.45, 2.75) is 19.2 Å². The average molecular weight is 226 g/mol. The molecule has 0 saturated carbocycles. The van der Waals surface area contributed by atoms with Crippen LogP contribution in [0.15, 0.2) is 11.7 Å². The monoisotopic (exact) mass is 226 g/mol. The maximum atomic E-state index is 12.2. The van der Waals surface area contributed by atoms with Crippen LogP contribution in [0.25, 0.3) is 0 Å². The highest BCUT2D eigenvalue weighted by molar-refractivity contribution is 5.10. The summed E-state index contributed by atoms with van der Waals surface area (Å²) in [5.74, 6) is -6.76. The van der Waals surface area contributed by atoms with Crippen molar-refractivity contribution in [2.24, 2.45) is 0 Å². The summed E-state index contributed by atoms with van der Waals surface area (Å²) in [6.07, 6.45) is -10.7. The molecule has 0 saturated heterocycles. The van der Waals surface area contributed by atoms with Gasteiger partial charge in [0.1, 0.15) is 0 Å². The average Bonchev–Trinajstić information content (AvgIpc) is 2.00. The topological polar surface area (TPSA) is 9.23 Å². The normalized spacial score (nSPS) is 15.4. The van der Waals surface area contributed by atoms with E-state index in [1.165, 1.54) is 0 Å². The van der Waals surface area contributed by atoms with Gasteiger partial charge in [0.25, 0.3) is 0 Å². The molecule has 0 aromatic carbocycles. The van der Waals surface area contributed by atoms with Crippen molar-refractivity contribution >= 4 is 0 Å². The molecule has 0 aromatic rings. The summed E-state index contributed by atoms with van der Waals surface area (Å²) < 4.78 is 86.0. The third-order valence-corrected chi connectivity index (χ3v) is 1.02. The molecule has 0 aliphatic heterocycles. The van der Waals surface area contributed by atoms with Crippen LogP contribution in [0, 0.1) is 0 Å². The fourth-order valence-corrected chi connectivity index (χ4v) is 0.497. The Morgan fingerprint density at radius 3 is 1.71 bits per heavy atom. The molecule has 1 nitrogen and oxygen atoms in total. The number of rotatable bonds is 3. The third-order valence-electron chi connectivity index (χ3n) is 1.02. The van der Waals surface area contributed by atoms with Gasteiger partial charge in [-0.05, 0) is 6.92 Å². The highest BCUT2D eigenvalue weighted by Crippen LogP contribution is 2.37. The van der Waals surface area contributed by atoms with E-state index in [9.17, 15) is 30.7 Å². The number of hydrogen-bond donors (Lipinski definition) is 0. The number of allylic oxidation sites excluding steroid dienone is 1. The Kier molecular flexibility index (Phi) is 3.92. The highest BCUT2D eigenvalue weighted by Gasteiger charge is 2.48. The largest absolute Gasteiger partial charge is 0.445 e. The van der Waals surface area contributed by atoms with E-state index >= 15 is 0 Å². The molecule has 8 heteroatoms. The quantitative estimate of drug-likeness (QED) is 0.670. The molecule has 0 atom stereocenters. The minimum atomic E-state index is -5.79. The predicted octanol–water partition coefficient (Wildman–Crippen LogP) is 3.33. The minimum absolute atomic E-state index is 0.758. The number of hydrogen-bond acceptors (Lipinski definition) is 1. The lowest BCUT2D eigenvalue weighted by atomic mass is 10.4. The summed E-state index contributed by atoms with van der Waals surface area (Å²) in [4.78, 5) is 0. The molecule has 0 spiro atoms. The van der Waals surface area contributed by atoms with Crippen molar-refractivity contribution < 1.29 is 35.5 Å². The molecule has 0 aliphatic rings. The summed E-state index contributed by atoms with van der Waals surface area (Å²) in [6.45, 7) is 0.234. The first-order valence-electron chi connectivity index (χ1n) is 3.27. The van der Waals surface area contributed by atoms with E-state index in [1.54, 1.807) is 0 Å². The van der Waals surface area contributed by atoms with Crippen molar-refractivity contribution in [3.63, 3.8) is 0 Å². The zero-order chi connectivity index (χ0) is 11.6. The summed E-state index contributed by atoms with van der Waals surface area (Å²) in [5, 5.41) is 0. The van der Waals surface area contributed by atoms with Crippen molar-refractivity contribution in [3.8, 4) is 0 Å². The maximum Gasteiger partial charge on any atom is 0.445 e. The minimum Gasteiger partial charge on any atom is -0.315 e. The van der Waals surface area contributed by atoms with Gasteiger partial charge >= 0.3 is 12.3 Å². The van der Waals surface area contributed by atoms with Gasteiger partial charge in [0.15, 0.2) is 0 Å². The van der Waals surface area contributed by atoms with Crippen LogP contribution in [0.1, 0.15) is 6.92 Å². The van der Waals surface area contributed by atoms with E-state index in [0.29, 0.717) is 0 Å². The summed E-state index contributed by atoms with van der Waals surface area (Å²) >= 11 is 0. The molecule has 0 unspecified atom stereocenters. The first kappa shape index (κ1) is 13.2. The molecule has 0 fully saturated rings. The molecular formula is C6H5F7O. The van der Waals surface area contributed by atoms with E-state index in [-0.39, 0.29) is 0 Å². The fourth-order valence-electron chi connectivity index (χ4n) is 0.497. The Labute approximate surface area is 74.1 Å². The second-order valence-corrected chi connectivity index (χ2v) is 2.08. The van der Waals surface area contributed by atoms with E-state index < -0.39 is 30.5 Å². The van der Waals surface area contributed by atoms with Crippen LogP contribution >= 0.6 is 0 Å². The number of ether oxygens (including phenoxy) is 1. The maximum absolute atomic E-state index is 12.2. The first-order valence-corrected chi connectivity index (χ1v) is 3.27. The highest BCUT2D eigenvalue weighted by atomic mass is 19.4. The molecule has 0 radical (unpaired) electrons. The summed E-state index contributed by atoms with van der Waals surface area (Å²) in [7, 11) is 0. The lowest BCUT2D eigenvalue weighted by Crippen LogP contribution is -2.25. The molecule has 0 N–H and O–H groups in total. The van der Waals surface area contributed by atoms with Gasteiger partial charge in [-0.2, -0.15) is 30.7 Å². The number of halogens is 7. The van der Waals surface area contributed by atoms with Gasteiger partial charge in [0, 0.05) is 0 Å². The Balaban J connectivity index is 4.99. The Morgan fingerprint density at radius 2 is 1.43 bits per heavy atom. The zero-order valence-corrected chi connectivity index (χ0v) is 6.76. The predicted molar refractivity (Wildman–Crippen MR) is 31.9 cm³/mol. The molecule has 84 valence electrons. The third kappa shape index (κ3) is 3.17. The lowest BCUT2D eigenvalue weighted by Gasteiger charge is -2.14. The van der Waals surface area contributed by atoms with Gasteiger partial charge in [-0.3, -0.25) is 0 Å². The van der Waals surface area contributed by atoms with Crippen molar-refractivity contribution in [2.75, 3.05) is 6.61 Å². The summed E-state index contributed by atoms with van der Waals surface area (Å²) in [6, 6.07) is 0. The van der Waals surface area contributed by atoms with Gasteiger partial charge < -0.3 is 4.74 Å². The van der Waals surface area contributed by atoms with Crippen LogP contribution < -0.4 is 0 Å². The van der Waals surface area contributed by atoms with Gasteiger partial charge in [0.2, 0.25) is 11.7 Å².